The van der Waals surface area contributed by atoms with Crippen LogP contribution in [0.2, 0.25) is 0 Å². The second-order valence-corrected chi connectivity index (χ2v) is 12.8. The van der Waals surface area contributed by atoms with E-state index in [2.05, 4.69) is 40.7 Å². The topological polar surface area (TPSA) is 33.0 Å². The van der Waals surface area contributed by atoms with Crippen molar-refractivity contribution in [2.24, 2.45) is 52.3 Å². The van der Waals surface area contributed by atoms with Gasteiger partial charge in [-0.3, -0.25) is 0 Å². The van der Waals surface area contributed by atoms with Gasteiger partial charge in [-0.05, 0) is 97.2 Å². The van der Waals surface area contributed by atoms with Crippen molar-refractivity contribution < 1.29 is 4.74 Å². The van der Waals surface area contributed by atoms with Gasteiger partial charge in [0.25, 0.3) is 0 Å². The molecule has 0 aliphatic heterocycles. The van der Waals surface area contributed by atoms with Crippen LogP contribution in [0, 0.1) is 63.6 Å². The molecule has 3 saturated carbocycles. The van der Waals surface area contributed by atoms with E-state index in [0.717, 1.165) is 59.7 Å². The van der Waals surface area contributed by atoms with E-state index < -0.39 is 0 Å². The van der Waals surface area contributed by atoms with Crippen molar-refractivity contribution in [3.05, 3.63) is 11.3 Å². The van der Waals surface area contributed by atoms with E-state index in [0.29, 0.717) is 16.7 Å². The smallest absolute Gasteiger partial charge is 0.109 e. The fourth-order valence-electron chi connectivity index (χ4n) is 9.31. The van der Waals surface area contributed by atoms with Crippen molar-refractivity contribution in [3.63, 3.8) is 0 Å². The van der Waals surface area contributed by atoms with E-state index in [4.69, 9.17) is 4.74 Å². The van der Waals surface area contributed by atoms with E-state index in [9.17, 15) is 5.26 Å². The number of methoxy groups -OCH3 is 1. The predicted octanol–water partition coefficient (Wildman–Crippen LogP) is 8.14. The number of nitriles is 1. The molecular weight excluding hydrogens is 378 g/mol. The quantitative estimate of drug-likeness (QED) is 0.430. The van der Waals surface area contributed by atoms with Crippen molar-refractivity contribution in [1.29, 1.82) is 5.26 Å². The first-order valence-corrected chi connectivity index (χ1v) is 13.4. The molecule has 0 unspecified atom stereocenters. The number of hydrogen-bond donors (Lipinski definition) is 0. The number of hydrogen-bond acceptors (Lipinski definition) is 2. The summed E-state index contributed by atoms with van der Waals surface area (Å²) in [7, 11) is 1.76. The molecule has 4 aliphatic rings. The van der Waals surface area contributed by atoms with E-state index in [-0.39, 0.29) is 0 Å². The summed E-state index contributed by atoms with van der Waals surface area (Å²) in [5, 5.41) is 9.80. The first kappa shape index (κ1) is 23.2. The van der Waals surface area contributed by atoms with Crippen molar-refractivity contribution in [2.45, 2.75) is 105 Å². The number of allylic oxidation sites excluding steroid dienone is 2. The first-order chi connectivity index (χ1) is 14.7. The van der Waals surface area contributed by atoms with E-state index in [1.165, 1.54) is 57.8 Å². The molecule has 0 aromatic rings. The Bertz CT molecular complexity index is 732. The molecule has 0 saturated heterocycles. The third-order valence-corrected chi connectivity index (χ3v) is 11.0. The number of nitrogens with zero attached hydrogens (tertiary/aromatic N) is 1. The lowest BCUT2D eigenvalue weighted by atomic mass is 9.44. The zero-order valence-electron chi connectivity index (χ0n) is 21.2. The predicted molar refractivity (Wildman–Crippen MR) is 128 cm³/mol. The molecule has 0 N–H and O–H groups in total. The Balaban J connectivity index is 1.51. The SMILES string of the molecule is COC1=C(C#N)C[C@@]2(C)[C@@H](CC[C@@H]3[C@@H]2CC[C@]2(C)[C@@H]([C@@H](C)CCCC(C)C)CC[C@@H]32)C1. The standard InChI is InChI=1S/C29H47NO/c1-19(2)8-7-9-20(3)24-12-13-25-23-11-10-22-16-27(31-6)21(18-30)17-29(22,5)26(23)14-15-28(24,25)4/h19-20,22-26H,7-17H2,1-6H3/t20-,22-,23-,24+,25-,26-,28+,29-/m0/s1. The lowest BCUT2D eigenvalue weighted by Crippen LogP contribution is -2.53. The van der Waals surface area contributed by atoms with Crippen LogP contribution in [-0.4, -0.2) is 7.11 Å². The summed E-state index contributed by atoms with van der Waals surface area (Å²) in [4.78, 5) is 0. The molecule has 4 aliphatic carbocycles. The minimum absolute atomic E-state index is 0.304. The molecule has 174 valence electrons. The average Bonchev–Trinajstić information content (AvgIpc) is 3.09. The molecule has 0 radical (unpaired) electrons. The van der Waals surface area contributed by atoms with Crippen molar-refractivity contribution in [2.75, 3.05) is 7.11 Å². The fourth-order valence-corrected chi connectivity index (χ4v) is 9.31. The number of rotatable bonds is 6. The zero-order valence-corrected chi connectivity index (χ0v) is 21.2. The van der Waals surface area contributed by atoms with Crippen LogP contribution in [0.15, 0.2) is 11.3 Å². The van der Waals surface area contributed by atoms with Gasteiger partial charge in [-0.15, -0.1) is 0 Å². The van der Waals surface area contributed by atoms with Crippen LogP contribution >= 0.6 is 0 Å². The van der Waals surface area contributed by atoms with E-state index in [1.54, 1.807) is 7.11 Å². The maximum Gasteiger partial charge on any atom is 0.109 e. The van der Waals surface area contributed by atoms with Crippen LogP contribution < -0.4 is 0 Å². The normalized spacial score (nSPS) is 43.1. The van der Waals surface area contributed by atoms with Gasteiger partial charge in [0.1, 0.15) is 5.76 Å². The highest BCUT2D eigenvalue weighted by molar-refractivity contribution is 5.31. The molecule has 0 amide bonds. The molecule has 0 spiro atoms. The van der Waals surface area contributed by atoms with Crippen LogP contribution in [0.25, 0.3) is 0 Å². The van der Waals surface area contributed by atoms with Gasteiger partial charge >= 0.3 is 0 Å². The molecule has 0 aromatic heterocycles. The molecule has 8 atom stereocenters. The highest BCUT2D eigenvalue weighted by Gasteiger charge is 2.60. The molecule has 0 bridgehead atoms. The highest BCUT2D eigenvalue weighted by atomic mass is 16.5. The Morgan fingerprint density at radius 1 is 1.00 bits per heavy atom. The Hall–Kier alpha value is -0.970. The Kier molecular flexibility index (Phi) is 6.55. The van der Waals surface area contributed by atoms with Gasteiger partial charge in [0.15, 0.2) is 0 Å². The van der Waals surface area contributed by atoms with Gasteiger partial charge in [-0.1, -0.05) is 53.9 Å². The maximum atomic E-state index is 9.80. The van der Waals surface area contributed by atoms with Gasteiger partial charge in [0.2, 0.25) is 0 Å². The molecule has 4 rings (SSSR count). The molecule has 0 aromatic carbocycles. The summed E-state index contributed by atoms with van der Waals surface area (Å²) < 4.78 is 5.65. The van der Waals surface area contributed by atoms with E-state index in [1.807, 2.05) is 0 Å². The Labute approximate surface area is 192 Å². The van der Waals surface area contributed by atoms with Crippen LogP contribution in [0.4, 0.5) is 0 Å². The zero-order chi connectivity index (χ0) is 22.4. The van der Waals surface area contributed by atoms with Gasteiger partial charge in [0.05, 0.1) is 18.8 Å². The monoisotopic (exact) mass is 425 g/mol. The third kappa shape index (κ3) is 3.87. The van der Waals surface area contributed by atoms with Gasteiger partial charge < -0.3 is 4.74 Å². The summed E-state index contributed by atoms with van der Waals surface area (Å²) in [5.74, 6) is 6.95. The molecule has 2 nitrogen and oxygen atoms in total. The second-order valence-electron chi connectivity index (χ2n) is 12.8. The Morgan fingerprint density at radius 2 is 1.74 bits per heavy atom. The van der Waals surface area contributed by atoms with Crippen LogP contribution in [-0.2, 0) is 4.74 Å². The van der Waals surface area contributed by atoms with Crippen molar-refractivity contribution in [1.82, 2.24) is 0 Å². The van der Waals surface area contributed by atoms with E-state index >= 15 is 0 Å². The van der Waals surface area contributed by atoms with Gasteiger partial charge in [-0.2, -0.15) is 5.26 Å². The van der Waals surface area contributed by atoms with Crippen LogP contribution in [0.5, 0.6) is 0 Å². The third-order valence-electron chi connectivity index (χ3n) is 11.0. The van der Waals surface area contributed by atoms with Crippen molar-refractivity contribution >= 4 is 0 Å². The first-order valence-electron chi connectivity index (χ1n) is 13.4. The summed E-state index contributed by atoms with van der Waals surface area (Å²) in [5.41, 5.74) is 1.80. The number of ether oxygens (including phenoxy) is 1. The van der Waals surface area contributed by atoms with Crippen LogP contribution in [0.1, 0.15) is 105 Å². The average molecular weight is 426 g/mol. The lowest BCUT2D eigenvalue weighted by molar-refractivity contribution is -0.105. The minimum atomic E-state index is 0.304. The highest BCUT2D eigenvalue weighted by Crippen LogP contribution is 2.68. The molecule has 2 heteroatoms. The summed E-state index contributed by atoms with van der Waals surface area (Å²) >= 11 is 0. The summed E-state index contributed by atoms with van der Waals surface area (Å²) in [6.45, 7) is 12.5. The van der Waals surface area contributed by atoms with Crippen LogP contribution in [0.3, 0.4) is 0 Å². The van der Waals surface area contributed by atoms with Gasteiger partial charge in [-0.25, -0.2) is 0 Å². The summed E-state index contributed by atoms with van der Waals surface area (Å²) in [6, 6.07) is 2.52. The second kappa shape index (κ2) is 8.76. The lowest BCUT2D eigenvalue weighted by Gasteiger charge is -2.60. The minimum Gasteiger partial charge on any atom is -0.500 e. The fraction of sp³-hybridized carbons (Fsp3) is 0.897. The number of fused-ring (bicyclic) bond motifs is 5. The molecular formula is C29H47NO. The molecule has 0 heterocycles. The molecule has 3 fully saturated rings. The van der Waals surface area contributed by atoms with Gasteiger partial charge in [0, 0.05) is 6.42 Å². The largest absolute Gasteiger partial charge is 0.500 e. The molecule has 31 heavy (non-hydrogen) atoms. The summed E-state index contributed by atoms with van der Waals surface area (Å²) in [6.07, 6.45) is 14.7. The Morgan fingerprint density at radius 3 is 2.42 bits per heavy atom. The van der Waals surface area contributed by atoms with Crippen molar-refractivity contribution in [3.8, 4) is 6.07 Å². The maximum absolute atomic E-state index is 9.80.